The highest BCUT2D eigenvalue weighted by Crippen LogP contribution is 2.26. The second kappa shape index (κ2) is 5.03. The number of nitrogens with two attached hydrogens (primary N) is 2. The van der Waals surface area contributed by atoms with Gasteiger partial charge in [-0.05, 0) is 11.6 Å². The summed E-state index contributed by atoms with van der Waals surface area (Å²) in [6.07, 6.45) is -0.251. The molecule has 0 amide bonds. The third-order valence-corrected chi connectivity index (χ3v) is 2.56. The molecule has 0 bridgehead atoms. The van der Waals surface area contributed by atoms with Crippen LogP contribution < -0.4 is 11.5 Å². The molecule has 0 saturated carbocycles. The number of anilines is 2. The summed E-state index contributed by atoms with van der Waals surface area (Å²) < 4.78 is 26.4. The largest absolute Gasteiger partial charge is 0.378 e. The normalized spacial score (nSPS) is 10.5. The summed E-state index contributed by atoms with van der Waals surface area (Å²) >= 11 is 0. The van der Waals surface area contributed by atoms with Crippen molar-refractivity contribution in [2.75, 3.05) is 11.5 Å². The Hall–Kier alpha value is -2.84. The SMILES string of the molecule is Nc1nc(N)c([N+](=O)[O-])c(Cc2ccc(F)cc2F)n1. The maximum Gasteiger partial charge on any atom is 0.332 e. The van der Waals surface area contributed by atoms with E-state index in [-0.39, 0.29) is 23.6 Å². The first-order valence-electron chi connectivity index (χ1n) is 5.38. The van der Waals surface area contributed by atoms with Crippen LogP contribution in [0.25, 0.3) is 0 Å². The lowest BCUT2D eigenvalue weighted by atomic mass is 10.1. The fourth-order valence-electron chi connectivity index (χ4n) is 1.71. The van der Waals surface area contributed by atoms with E-state index in [1.807, 2.05) is 0 Å². The summed E-state index contributed by atoms with van der Waals surface area (Å²) in [5.41, 5.74) is 10.1. The van der Waals surface area contributed by atoms with Crippen molar-refractivity contribution in [2.45, 2.75) is 6.42 Å². The summed E-state index contributed by atoms with van der Waals surface area (Å²) in [7, 11) is 0. The van der Waals surface area contributed by atoms with Gasteiger partial charge in [-0.15, -0.1) is 0 Å². The molecule has 0 spiro atoms. The van der Waals surface area contributed by atoms with Crippen LogP contribution in [0.1, 0.15) is 11.3 Å². The fourth-order valence-corrected chi connectivity index (χ4v) is 1.71. The van der Waals surface area contributed by atoms with Gasteiger partial charge < -0.3 is 11.5 Å². The first kappa shape index (κ1) is 13.6. The summed E-state index contributed by atoms with van der Waals surface area (Å²) in [5.74, 6) is -2.25. The molecule has 1 aromatic heterocycles. The highest BCUT2D eigenvalue weighted by Gasteiger charge is 2.23. The number of nitrogen functional groups attached to an aromatic ring is 2. The molecule has 104 valence electrons. The minimum absolute atomic E-state index is 0.0343. The van der Waals surface area contributed by atoms with Crippen molar-refractivity contribution < 1.29 is 13.7 Å². The lowest BCUT2D eigenvalue weighted by Crippen LogP contribution is -2.09. The Morgan fingerprint density at radius 3 is 2.55 bits per heavy atom. The zero-order valence-corrected chi connectivity index (χ0v) is 10.0. The molecule has 4 N–H and O–H groups in total. The molecule has 1 aromatic carbocycles. The van der Waals surface area contributed by atoms with E-state index < -0.39 is 28.1 Å². The second-order valence-electron chi connectivity index (χ2n) is 3.93. The molecule has 0 saturated heterocycles. The Bertz CT molecular complexity index is 693. The van der Waals surface area contributed by atoms with E-state index in [0.717, 1.165) is 6.07 Å². The van der Waals surface area contributed by atoms with Crippen LogP contribution in [0.15, 0.2) is 18.2 Å². The quantitative estimate of drug-likeness (QED) is 0.648. The van der Waals surface area contributed by atoms with E-state index in [0.29, 0.717) is 6.07 Å². The van der Waals surface area contributed by atoms with Gasteiger partial charge in [0.2, 0.25) is 11.8 Å². The zero-order valence-electron chi connectivity index (χ0n) is 10.0. The molecule has 2 rings (SSSR count). The summed E-state index contributed by atoms with van der Waals surface area (Å²) in [5, 5.41) is 10.9. The molecule has 0 aliphatic heterocycles. The van der Waals surface area contributed by atoms with E-state index in [4.69, 9.17) is 11.5 Å². The van der Waals surface area contributed by atoms with Crippen LogP contribution in [0.3, 0.4) is 0 Å². The highest BCUT2D eigenvalue weighted by molar-refractivity contribution is 5.58. The van der Waals surface area contributed by atoms with Crippen LogP contribution in [-0.2, 0) is 6.42 Å². The first-order valence-corrected chi connectivity index (χ1v) is 5.38. The van der Waals surface area contributed by atoms with Crippen molar-refractivity contribution in [1.82, 2.24) is 9.97 Å². The Kier molecular flexibility index (Phi) is 3.42. The third-order valence-electron chi connectivity index (χ3n) is 2.56. The fraction of sp³-hybridized carbons (Fsp3) is 0.0909. The van der Waals surface area contributed by atoms with Crippen molar-refractivity contribution in [3.63, 3.8) is 0 Å². The molecule has 0 aliphatic carbocycles. The maximum absolute atomic E-state index is 13.6. The van der Waals surface area contributed by atoms with Crippen LogP contribution in [0.4, 0.5) is 26.2 Å². The van der Waals surface area contributed by atoms with Crippen molar-refractivity contribution in [1.29, 1.82) is 0 Å². The lowest BCUT2D eigenvalue weighted by molar-refractivity contribution is -0.385. The van der Waals surface area contributed by atoms with Crippen LogP contribution in [0.2, 0.25) is 0 Å². The van der Waals surface area contributed by atoms with E-state index in [1.165, 1.54) is 6.07 Å². The molecule has 9 heteroatoms. The number of nitrogens with zero attached hydrogens (tertiary/aromatic N) is 3. The van der Waals surface area contributed by atoms with Crippen molar-refractivity contribution >= 4 is 17.5 Å². The van der Waals surface area contributed by atoms with Gasteiger partial charge in [0.05, 0.1) is 4.92 Å². The number of benzene rings is 1. The molecule has 1 heterocycles. The zero-order chi connectivity index (χ0) is 14.9. The number of rotatable bonds is 3. The molecular formula is C11H9F2N5O2. The minimum Gasteiger partial charge on any atom is -0.378 e. The molecule has 0 atom stereocenters. The van der Waals surface area contributed by atoms with Gasteiger partial charge in [0.25, 0.3) is 0 Å². The minimum atomic E-state index is -0.838. The van der Waals surface area contributed by atoms with Crippen LogP contribution in [-0.4, -0.2) is 14.9 Å². The summed E-state index contributed by atoms with van der Waals surface area (Å²) in [6.45, 7) is 0. The third kappa shape index (κ3) is 2.60. The van der Waals surface area contributed by atoms with E-state index >= 15 is 0 Å². The van der Waals surface area contributed by atoms with E-state index in [1.54, 1.807) is 0 Å². The molecule has 0 unspecified atom stereocenters. The second-order valence-corrected chi connectivity index (χ2v) is 3.93. The van der Waals surface area contributed by atoms with Crippen molar-refractivity contribution in [3.05, 3.63) is 51.2 Å². The summed E-state index contributed by atoms with van der Waals surface area (Å²) in [4.78, 5) is 17.3. The predicted octanol–water partition coefficient (Wildman–Crippen LogP) is 1.42. The number of hydrogen-bond donors (Lipinski definition) is 2. The molecule has 0 aliphatic rings. The Morgan fingerprint density at radius 1 is 1.25 bits per heavy atom. The van der Waals surface area contributed by atoms with E-state index in [2.05, 4.69) is 9.97 Å². The van der Waals surface area contributed by atoms with Gasteiger partial charge in [0.1, 0.15) is 17.3 Å². The van der Waals surface area contributed by atoms with Gasteiger partial charge >= 0.3 is 5.69 Å². The average molecular weight is 281 g/mol. The van der Waals surface area contributed by atoms with E-state index in [9.17, 15) is 18.9 Å². The van der Waals surface area contributed by atoms with Crippen molar-refractivity contribution in [3.8, 4) is 0 Å². The number of hydrogen-bond acceptors (Lipinski definition) is 6. The molecule has 20 heavy (non-hydrogen) atoms. The Balaban J connectivity index is 2.50. The van der Waals surface area contributed by atoms with Gasteiger partial charge in [-0.1, -0.05) is 6.07 Å². The molecular weight excluding hydrogens is 272 g/mol. The molecule has 0 fully saturated rings. The Morgan fingerprint density at radius 2 is 1.95 bits per heavy atom. The van der Waals surface area contributed by atoms with Crippen LogP contribution in [0, 0.1) is 21.7 Å². The highest BCUT2D eigenvalue weighted by atomic mass is 19.1. The first-order chi connectivity index (χ1) is 9.38. The summed E-state index contributed by atoms with van der Waals surface area (Å²) in [6, 6.07) is 2.89. The smallest absolute Gasteiger partial charge is 0.332 e. The van der Waals surface area contributed by atoms with Crippen LogP contribution in [0.5, 0.6) is 0 Å². The molecule has 0 radical (unpaired) electrons. The predicted molar refractivity (Wildman–Crippen MR) is 66.7 cm³/mol. The number of aromatic nitrogens is 2. The van der Waals surface area contributed by atoms with Gasteiger partial charge in [0.15, 0.2) is 0 Å². The van der Waals surface area contributed by atoms with Gasteiger partial charge in [0, 0.05) is 12.5 Å². The molecule has 7 nitrogen and oxygen atoms in total. The molecule has 2 aromatic rings. The topological polar surface area (TPSA) is 121 Å². The monoisotopic (exact) mass is 281 g/mol. The number of nitro groups is 1. The van der Waals surface area contributed by atoms with Crippen LogP contribution >= 0.6 is 0 Å². The standard InChI is InChI=1S/C11H9F2N5O2/c12-6-2-1-5(7(13)4-6)3-8-9(18(19)20)10(14)17-11(15)16-8/h1-2,4H,3H2,(H4,14,15,16,17). The van der Waals surface area contributed by atoms with Gasteiger partial charge in [-0.3, -0.25) is 10.1 Å². The maximum atomic E-state index is 13.6. The Labute approximate surface area is 111 Å². The van der Waals surface area contributed by atoms with Gasteiger partial charge in [-0.25, -0.2) is 13.8 Å². The average Bonchev–Trinajstić information content (AvgIpc) is 2.31. The lowest BCUT2D eigenvalue weighted by Gasteiger charge is -2.06. The number of halogens is 2. The van der Waals surface area contributed by atoms with Crippen molar-refractivity contribution in [2.24, 2.45) is 0 Å². The van der Waals surface area contributed by atoms with Gasteiger partial charge in [-0.2, -0.15) is 4.98 Å².